The Morgan fingerprint density at radius 2 is 1.59 bits per heavy atom. The van der Waals surface area contributed by atoms with E-state index in [1.165, 1.54) is 54.9 Å². The summed E-state index contributed by atoms with van der Waals surface area (Å²) in [6, 6.07) is 30.6. The molecule has 1 saturated heterocycles. The first-order chi connectivity index (χ1) is 28.1. The Hall–Kier alpha value is -6.56. The van der Waals surface area contributed by atoms with Crippen molar-refractivity contribution < 1.29 is 48.0 Å². The fourth-order valence-corrected chi connectivity index (χ4v) is 7.40. The van der Waals surface area contributed by atoms with Crippen LogP contribution >= 0.6 is 11.8 Å². The van der Waals surface area contributed by atoms with Gasteiger partial charge in [0.05, 0.1) is 13.7 Å². The summed E-state index contributed by atoms with van der Waals surface area (Å²) >= 11 is 1.22. The molecular formula is C41H38N6O10S. The van der Waals surface area contributed by atoms with E-state index in [9.17, 15) is 24.3 Å². The molecule has 3 heterocycles. The normalized spacial score (nSPS) is 17.9. The standard InChI is InChI=1S/C41H38N6O10S/c1-46-40(43-44-45-46)58-24-29-23-56-39-41(54-3,38(52)47(39)33(29)37(51)57-34(27-10-6-4-7-11-27)28-12-8-5-9-13-28)42-35(49)32(26-16-18-30(48)19-17-26)36(50)55-22-25-14-20-31(53-2)21-15-25/h4-21,32,34,39,48H,22-24H2,1-3H3,(H,42,49)/t32-,39+,41-/m0/s1. The molecule has 0 saturated carbocycles. The van der Waals surface area contributed by atoms with Gasteiger partial charge in [0, 0.05) is 19.9 Å². The smallest absolute Gasteiger partial charge is 0.356 e. The van der Waals surface area contributed by atoms with Crippen LogP contribution in [0.25, 0.3) is 0 Å². The predicted molar refractivity (Wildman–Crippen MR) is 205 cm³/mol. The number of phenolic OH excluding ortho intramolecular Hbond substituents is 1. The van der Waals surface area contributed by atoms with Crippen molar-refractivity contribution in [1.29, 1.82) is 0 Å². The number of aromatic nitrogens is 4. The van der Waals surface area contributed by atoms with E-state index in [4.69, 9.17) is 23.7 Å². The fourth-order valence-electron chi connectivity index (χ4n) is 6.56. The molecule has 5 aromatic rings. The van der Waals surface area contributed by atoms with Gasteiger partial charge in [0.25, 0.3) is 11.6 Å². The van der Waals surface area contributed by atoms with Crippen LogP contribution < -0.4 is 10.1 Å². The largest absolute Gasteiger partial charge is 0.508 e. The van der Waals surface area contributed by atoms with Crippen LogP contribution in [-0.4, -0.2) is 92.5 Å². The Morgan fingerprint density at radius 1 is 0.931 bits per heavy atom. The van der Waals surface area contributed by atoms with Gasteiger partial charge in [-0.15, -0.1) is 5.10 Å². The van der Waals surface area contributed by atoms with Crippen LogP contribution in [0.1, 0.15) is 34.3 Å². The van der Waals surface area contributed by atoms with Crippen LogP contribution in [0.5, 0.6) is 11.5 Å². The SMILES string of the molecule is COc1ccc(COC(=O)[C@H](C(=O)N[C@]2(OC)C(=O)N3C(C(=O)OC(c4ccccc4)c4ccccc4)=C(CSc4nnnn4C)CO[C@@H]32)c2ccc(O)cc2)cc1. The highest BCUT2D eigenvalue weighted by Crippen LogP contribution is 2.43. The van der Waals surface area contributed by atoms with Crippen molar-refractivity contribution in [3.05, 3.63) is 143 Å². The van der Waals surface area contributed by atoms with Gasteiger partial charge in [0.1, 0.15) is 23.8 Å². The van der Waals surface area contributed by atoms with E-state index in [1.54, 1.807) is 31.3 Å². The van der Waals surface area contributed by atoms with Crippen molar-refractivity contribution in [3.63, 3.8) is 0 Å². The molecule has 4 aromatic carbocycles. The van der Waals surface area contributed by atoms with Gasteiger partial charge >= 0.3 is 11.9 Å². The Balaban J connectivity index is 1.18. The van der Waals surface area contributed by atoms with Crippen LogP contribution in [0.3, 0.4) is 0 Å². The number of β-lactam (4-membered cyclic amide) rings is 1. The number of nitrogens with zero attached hydrogens (tertiary/aromatic N) is 5. The summed E-state index contributed by atoms with van der Waals surface area (Å²) in [7, 11) is 4.39. The number of ether oxygens (including phenoxy) is 5. The number of rotatable bonds is 15. The molecule has 17 heteroatoms. The molecule has 3 atom stereocenters. The number of methoxy groups -OCH3 is 2. The zero-order valence-electron chi connectivity index (χ0n) is 31.5. The summed E-state index contributed by atoms with van der Waals surface area (Å²) in [6.07, 6.45) is -2.21. The summed E-state index contributed by atoms with van der Waals surface area (Å²) in [4.78, 5) is 58.0. The van der Waals surface area contributed by atoms with Crippen molar-refractivity contribution in [1.82, 2.24) is 30.4 Å². The number of fused-ring (bicyclic) bond motifs is 1. The Labute approximate surface area is 336 Å². The van der Waals surface area contributed by atoms with E-state index in [0.717, 1.165) is 4.90 Å². The van der Waals surface area contributed by atoms with Gasteiger partial charge in [-0.1, -0.05) is 96.7 Å². The first-order valence-electron chi connectivity index (χ1n) is 17.9. The molecule has 2 aliphatic rings. The average molecular weight is 807 g/mol. The second kappa shape index (κ2) is 17.3. The molecule has 2 aliphatic heterocycles. The van der Waals surface area contributed by atoms with Gasteiger partial charge in [-0.3, -0.25) is 19.3 Å². The number of aryl methyl sites for hydroxylation is 1. The lowest BCUT2D eigenvalue weighted by molar-refractivity contribution is -0.258. The summed E-state index contributed by atoms with van der Waals surface area (Å²) < 4.78 is 30.4. The molecule has 1 fully saturated rings. The summed E-state index contributed by atoms with van der Waals surface area (Å²) in [5, 5.41) is 24.5. The number of carbonyl (C=O) groups excluding carboxylic acids is 4. The number of esters is 2. The Morgan fingerprint density at radius 3 is 2.17 bits per heavy atom. The highest BCUT2D eigenvalue weighted by molar-refractivity contribution is 7.99. The molecule has 1 aromatic heterocycles. The molecule has 298 valence electrons. The highest BCUT2D eigenvalue weighted by Gasteiger charge is 2.68. The summed E-state index contributed by atoms with van der Waals surface area (Å²) in [6.45, 7) is -0.349. The zero-order valence-corrected chi connectivity index (χ0v) is 32.3. The number of tetrazole rings is 1. The molecule has 0 spiro atoms. The van der Waals surface area contributed by atoms with Gasteiger partial charge in [-0.25, -0.2) is 9.48 Å². The molecular weight excluding hydrogens is 769 g/mol. The maximum atomic E-state index is 14.5. The zero-order chi connectivity index (χ0) is 40.8. The van der Waals surface area contributed by atoms with Gasteiger partial charge in [-0.2, -0.15) is 0 Å². The van der Waals surface area contributed by atoms with Crippen LogP contribution in [0.4, 0.5) is 0 Å². The lowest BCUT2D eigenvalue weighted by atomic mass is 9.92. The minimum absolute atomic E-state index is 0.0966. The van der Waals surface area contributed by atoms with E-state index in [2.05, 4.69) is 20.8 Å². The van der Waals surface area contributed by atoms with Crippen molar-refractivity contribution in [2.24, 2.45) is 7.05 Å². The second-order valence-corrected chi connectivity index (χ2v) is 14.1. The van der Waals surface area contributed by atoms with Gasteiger partial charge in [0.2, 0.25) is 11.1 Å². The third kappa shape index (κ3) is 8.00. The Kier molecular flexibility index (Phi) is 11.8. The predicted octanol–water partition coefficient (Wildman–Crippen LogP) is 3.79. The van der Waals surface area contributed by atoms with Gasteiger partial charge in [0.15, 0.2) is 18.2 Å². The summed E-state index contributed by atoms with van der Waals surface area (Å²) in [5.41, 5.74) is 0.312. The van der Waals surface area contributed by atoms with Crippen LogP contribution in [0, 0.1) is 0 Å². The number of phenols is 1. The maximum Gasteiger partial charge on any atom is 0.356 e. The number of nitrogens with one attached hydrogen (secondary N) is 1. The molecule has 0 bridgehead atoms. The quantitative estimate of drug-likeness (QED) is 0.0510. The van der Waals surface area contributed by atoms with Crippen molar-refractivity contribution in [3.8, 4) is 11.5 Å². The molecule has 16 nitrogen and oxygen atoms in total. The molecule has 2 amide bonds. The number of hydrogen-bond acceptors (Lipinski definition) is 14. The lowest BCUT2D eigenvalue weighted by Gasteiger charge is -2.55. The lowest BCUT2D eigenvalue weighted by Crippen LogP contribution is -2.83. The highest BCUT2D eigenvalue weighted by atomic mass is 32.2. The number of aromatic hydroxyl groups is 1. The number of amides is 2. The maximum absolute atomic E-state index is 14.5. The van der Waals surface area contributed by atoms with E-state index >= 15 is 0 Å². The monoisotopic (exact) mass is 806 g/mol. The van der Waals surface area contributed by atoms with E-state index in [0.29, 0.717) is 33.2 Å². The van der Waals surface area contributed by atoms with Crippen molar-refractivity contribution in [2.75, 3.05) is 26.6 Å². The number of carbonyl (C=O) groups is 4. The van der Waals surface area contributed by atoms with Crippen LogP contribution in [-0.2, 0) is 51.8 Å². The molecule has 0 aliphatic carbocycles. The van der Waals surface area contributed by atoms with E-state index in [1.807, 2.05) is 60.7 Å². The molecule has 58 heavy (non-hydrogen) atoms. The minimum atomic E-state index is -2.17. The Bertz CT molecular complexity index is 2270. The fraction of sp³-hybridized carbons (Fsp3) is 0.244. The molecule has 0 unspecified atom stereocenters. The molecule has 0 radical (unpaired) electrons. The average Bonchev–Trinajstić information content (AvgIpc) is 3.68. The van der Waals surface area contributed by atoms with Crippen molar-refractivity contribution in [2.45, 2.75) is 35.7 Å². The minimum Gasteiger partial charge on any atom is -0.508 e. The van der Waals surface area contributed by atoms with Crippen LogP contribution in [0.2, 0.25) is 0 Å². The van der Waals surface area contributed by atoms with E-state index in [-0.39, 0.29) is 36.0 Å². The second-order valence-electron chi connectivity index (χ2n) is 13.2. The third-order valence-electron chi connectivity index (χ3n) is 9.59. The van der Waals surface area contributed by atoms with Gasteiger partial charge in [-0.05, 0) is 62.5 Å². The van der Waals surface area contributed by atoms with E-state index < -0.39 is 47.7 Å². The molecule has 2 N–H and O–H groups in total. The summed E-state index contributed by atoms with van der Waals surface area (Å²) in [5.74, 6) is -4.54. The van der Waals surface area contributed by atoms with Gasteiger partial charge < -0.3 is 34.1 Å². The number of thioether (sulfide) groups is 1. The number of hydrogen-bond donors (Lipinski definition) is 2. The number of benzene rings is 4. The molecule has 7 rings (SSSR count). The third-order valence-corrected chi connectivity index (χ3v) is 10.7. The first kappa shape index (κ1) is 39.7. The first-order valence-corrected chi connectivity index (χ1v) is 18.9. The topological polar surface area (TPSA) is 194 Å². The van der Waals surface area contributed by atoms with Crippen molar-refractivity contribution >= 4 is 35.5 Å². The van der Waals surface area contributed by atoms with Crippen LogP contribution in [0.15, 0.2) is 126 Å².